The van der Waals surface area contributed by atoms with E-state index in [9.17, 15) is 14.9 Å². The molecule has 1 aromatic heterocycles. The summed E-state index contributed by atoms with van der Waals surface area (Å²) >= 11 is 0. The zero-order chi connectivity index (χ0) is 14.7. The highest BCUT2D eigenvalue weighted by Gasteiger charge is 2.23. The Morgan fingerprint density at radius 3 is 2.75 bits per heavy atom. The van der Waals surface area contributed by atoms with Crippen LogP contribution in [-0.4, -0.2) is 39.9 Å². The minimum Gasteiger partial charge on any atom is -0.490 e. The molecule has 0 radical (unpaired) electrons. The van der Waals surface area contributed by atoms with Crippen molar-refractivity contribution in [3.8, 4) is 11.4 Å². The van der Waals surface area contributed by atoms with Crippen molar-refractivity contribution in [1.29, 1.82) is 0 Å². The predicted octanol–water partition coefficient (Wildman–Crippen LogP) is 0.971. The summed E-state index contributed by atoms with van der Waals surface area (Å²) in [4.78, 5) is 25.6. The van der Waals surface area contributed by atoms with Crippen molar-refractivity contribution >= 4 is 11.7 Å². The van der Waals surface area contributed by atoms with E-state index in [0.29, 0.717) is 0 Å². The number of nitro groups is 1. The highest BCUT2D eigenvalue weighted by atomic mass is 16.6. The van der Waals surface area contributed by atoms with Gasteiger partial charge in [-0.25, -0.2) is 14.5 Å². The average molecular weight is 278 g/mol. The molecule has 0 unspecified atom stereocenters. The fraction of sp³-hybridized carbons (Fsp3) is 0.182. The topological polar surface area (TPSA) is 109 Å². The van der Waals surface area contributed by atoms with Gasteiger partial charge in [-0.15, -0.1) is 5.10 Å². The second kappa shape index (κ2) is 5.34. The van der Waals surface area contributed by atoms with Gasteiger partial charge in [0.2, 0.25) is 0 Å². The lowest BCUT2D eigenvalue weighted by atomic mass is 10.2. The van der Waals surface area contributed by atoms with Gasteiger partial charge in [-0.3, -0.25) is 10.1 Å². The lowest BCUT2D eigenvalue weighted by Gasteiger charge is -2.05. The molecule has 2 aromatic rings. The van der Waals surface area contributed by atoms with Gasteiger partial charge in [-0.2, -0.15) is 0 Å². The summed E-state index contributed by atoms with van der Waals surface area (Å²) in [5, 5.41) is 15.0. The number of esters is 1. The Morgan fingerprint density at radius 1 is 1.40 bits per heavy atom. The molecule has 0 fully saturated rings. The quantitative estimate of drug-likeness (QED) is 0.465. The van der Waals surface area contributed by atoms with E-state index < -0.39 is 10.9 Å². The van der Waals surface area contributed by atoms with Crippen molar-refractivity contribution in [2.75, 3.05) is 14.2 Å². The number of carbonyl (C=O) groups is 1. The number of carbonyl (C=O) groups excluding carboxylic acids is 1. The van der Waals surface area contributed by atoms with Crippen LogP contribution >= 0.6 is 0 Å². The van der Waals surface area contributed by atoms with Crippen LogP contribution in [0.2, 0.25) is 0 Å². The van der Waals surface area contributed by atoms with E-state index in [4.69, 9.17) is 4.74 Å². The van der Waals surface area contributed by atoms with Gasteiger partial charge >= 0.3 is 11.7 Å². The van der Waals surface area contributed by atoms with Crippen molar-refractivity contribution in [1.82, 2.24) is 14.8 Å². The molecule has 104 valence electrons. The number of nitro benzene ring substituents is 1. The molecule has 0 aliphatic rings. The van der Waals surface area contributed by atoms with Crippen LogP contribution in [0.15, 0.2) is 24.5 Å². The summed E-state index contributed by atoms with van der Waals surface area (Å²) in [6, 6.07) is 4.50. The fourth-order valence-corrected chi connectivity index (χ4v) is 1.61. The third kappa shape index (κ3) is 2.28. The minimum atomic E-state index is -0.728. The molecule has 0 aliphatic carbocycles. The van der Waals surface area contributed by atoms with Gasteiger partial charge in [0, 0.05) is 0 Å². The molecular weight excluding hydrogens is 268 g/mol. The Hall–Kier alpha value is -2.97. The van der Waals surface area contributed by atoms with Crippen LogP contribution in [0.5, 0.6) is 5.75 Å². The third-order valence-electron chi connectivity index (χ3n) is 2.49. The number of hydrogen-bond acceptors (Lipinski definition) is 7. The summed E-state index contributed by atoms with van der Waals surface area (Å²) < 4.78 is 10.5. The van der Waals surface area contributed by atoms with Gasteiger partial charge in [0.25, 0.3) is 5.82 Å². The molecule has 2 rings (SSSR count). The van der Waals surface area contributed by atoms with Crippen LogP contribution < -0.4 is 4.74 Å². The van der Waals surface area contributed by atoms with Crippen LogP contribution in [0.3, 0.4) is 0 Å². The maximum absolute atomic E-state index is 11.3. The molecular formula is C11H10N4O5. The summed E-state index contributed by atoms with van der Waals surface area (Å²) in [5.74, 6) is -0.832. The Kier molecular flexibility index (Phi) is 3.60. The van der Waals surface area contributed by atoms with Gasteiger partial charge < -0.3 is 9.47 Å². The second-order valence-corrected chi connectivity index (χ2v) is 3.59. The molecule has 1 heterocycles. The van der Waals surface area contributed by atoms with Crippen LogP contribution in [0.25, 0.3) is 5.69 Å². The Balaban J connectivity index is 2.55. The fourth-order valence-electron chi connectivity index (χ4n) is 1.61. The van der Waals surface area contributed by atoms with Crippen molar-refractivity contribution in [2.24, 2.45) is 0 Å². The molecule has 20 heavy (non-hydrogen) atoms. The molecule has 0 N–H and O–H groups in total. The van der Waals surface area contributed by atoms with E-state index in [0.717, 1.165) is 4.68 Å². The van der Waals surface area contributed by atoms with E-state index in [2.05, 4.69) is 14.8 Å². The first kappa shape index (κ1) is 13.5. The average Bonchev–Trinajstić information content (AvgIpc) is 2.95. The molecule has 9 heteroatoms. The van der Waals surface area contributed by atoms with Crippen LogP contribution in [0.4, 0.5) is 5.69 Å². The number of methoxy groups -OCH3 is 2. The third-order valence-corrected chi connectivity index (χ3v) is 2.49. The van der Waals surface area contributed by atoms with Crippen LogP contribution in [0.1, 0.15) is 10.6 Å². The van der Waals surface area contributed by atoms with Crippen LogP contribution in [0, 0.1) is 10.1 Å². The SMILES string of the molecule is COC(=O)c1ncn(-c2cccc(OC)c2[N+](=O)[O-])n1. The lowest BCUT2D eigenvalue weighted by Crippen LogP contribution is -2.06. The molecule has 0 saturated heterocycles. The number of rotatable bonds is 4. The zero-order valence-corrected chi connectivity index (χ0v) is 10.6. The number of nitrogens with zero attached hydrogens (tertiary/aromatic N) is 4. The van der Waals surface area contributed by atoms with Gasteiger partial charge in [-0.1, -0.05) is 6.07 Å². The predicted molar refractivity (Wildman–Crippen MR) is 65.9 cm³/mol. The second-order valence-electron chi connectivity index (χ2n) is 3.59. The lowest BCUT2D eigenvalue weighted by molar-refractivity contribution is -0.385. The summed E-state index contributed by atoms with van der Waals surface area (Å²) in [5.41, 5.74) is -0.131. The van der Waals surface area contributed by atoms with E-state index >= 15 is 0 Å². The largest absolute Gasteiger partial charge is 0.490 e. The maximum atomic E-state index is 11.3. The van der Waals surface area contributed by atoms with E-state index in [1.807, 2.05) is 0 Å². The molecule has 0 spiro atoms. The highest BCUT2D eigenvalue weighted by molar-refractivity contribution is 5.84. The molecule has 0 saturated carbocycles. The Morgan fingerprint density at radius 2 is 2.15 bits per heavy atom. The van der Waals surface area contributed by atoms with Crippen molar-refractivity contribution in [3.05, 3.63) is 40.5 Å². The minimum absolute atomic E-state index is 0.0858. The van der Waals surface area contributed by atoms with Gasteiger partial charge in [0.05, 0.1) is 19.1 Å². The first-order valence-electron chi connectivity index (χ1n) is 5.40. The normalized spacial score (nSPS) is 10.1. The molecule has 0 amide bonds. The number of hydrogen-bond donors (Lipinski definition) is 0. The van der Waals surface area contributed by atoms with Gasteiger partial charge in [0.15, 0.2) is 5.75 Å². The molecule has 0 aliphatic heterocycles. The van der Waals surface area contributed by atoms with E-state index in [1.165, 1.54) is 32.7 Å². The van der Waals surface area contributed by atoms with Crippen molar-refractivity contribution in [2.45, 2.75) is 0 Å². The van der Waals surface area contributed by atoms with Crippen molar-refractivity contribution < 1.29 is 19.2 Å². The van der Waals surface area contributed by atoms with E-state index in [-0.39, 0.29) is 22.9 Å². The van der Waals surface area contributed by atoms with E-state index in [1.54, 1.807) is 6.07 Å². The van der Waals surface area contributed by atoms with Crippen LogP contribution in [-0.2, 0) is 4.74 Å². The monoisotopic (exact) mass is 278 g/mol. The first-order valence-corrected chi connectivity index (χ1v) is 5.40. The Labute approximate surface area is 112 Å². The van der Waals surface area contributed by atoms with Gasteiger partial charge in [-0.05, 0) is 12.1 Å². The number of para-hydroxylation sites is 1. The molecule has 0 atom stereocenters. The smallest absolute Gasteiger partial charge is 0.377 e. The highest BCUT2D eigenvalue weighted by Crippen LogP contribution is 2.32. The van der Waals surface area contributed by atoms with Gasteiger partial charge in [0.1, 0.15) is 12.0 Å². The number of aromatic nitrogens is 3. The molecule has 9 nitrogen and oxygen atoms in total. The molecule has 1 aromatic carbocycles. The standard InChI is InChI=1S/C11H10N4O5/c1-19-8-5-3-4-7(9(8)15(17)18)14-6-12-10(13-14)11(16)20-2/h3-6H,1-2H3. The zero-order valence-electron chi connectivity index (χ0n) is 10.6. The summed E-state index contributed by atoms with van der Waals surface area (Å²) in [7, 11) is 2.52. The number of benzene rings is 1. The summed E-state index contributed by atoms with van der Waals surface area (Å²) in [6.07, 6.45) is 1.19. The van der Waals surface area contributed by atoms with Crippen molar-refractivity contribution in [3.63, 3.8) is 0 Å². The molecule has 0 bridgehead atoms. The summed E-state index contributed by atoms with van der Waals surface area (Å²) in [6.45, 7) is 0. The number of ether oxygens (including phenoxy) is 2. The maximum Gasteiger partial charge on any atom is 0.377 e. The Bertz CT molecular complexity index is 667. The first-order chi connectivity index (χ1) is 9.58.